The second kappa shape index (κ2) is 3.66. The van der Waals surface area contributed by atoms with Gasteiger partial charge in [0.05, 0.1) is 17.9 Å². The highest BCUT2D eigenvalue weighted by Crippen LogP contribution is 2.23. The van der Waals surface area contributed by atoms with E-state index >= 15 is 0 Å². The van der Waals surface area contributed by atoms with Gasteiger partial charge in [0.1, 0.15) is 5.82 Å². The van der Waals surface area contributed by atoms with Crippen LogP contribution < -0.4 is 5.73 Å². The Morgan fingerprint density at radius 2 is 2.06 bits per heavy atom. The molecule has 0 aliphatic carbocycles. The van der Waals surface area contributed by atoms with E-state index in [4.69, 9.17) is 5.73 Å². The Morgan fingerprint density at radius 1 is 1.38 bits per heavy atom. The highest BCUT2D eigenvalue weighted by atomic mass is 15.3. The molecule has 5 heteroatoms. The van der Waals surface area contributed by atoms with E-state index in [0.717, 1.165) is 22.6 Å². The lowest BCUT2D eigenvalue weighted by Gasteiger charge is -2.13. The van der Waals surface area contributed by atoms with Crippen molar-refractivity contribution in [3.8, 4) is 0 Å². The molecule has 2 aromatic rings. The fraction of sp³-hybridized carbons (Fsp3) is 0.455. The number of nitrogen functional groups attached to an aromatic ring is 1. The minimum absolute atomic E-state index is 0.113. The first-order chi connectivity index (χ1) is 7.50. The van der Waals surface area contributed by atoms with Crippen LogP contribution in [0.1, 0.15) is 29.8 Å². The number of aromatic nitrogens is 4. The molecule has 2 rings (SSSR count). The monoisotopic (exact) mass is 219 g/mol. The zero-order chi connectivity index (χ0) is 11.9. The third-order valence-corrected chi connectivity index (χ3v) is 2.90. The minimum Gasteiger partial charge on any atom is -0.384 e. The molecule has 0 aliphatic heterocycles. The second-order valence-electron chi connectivity index (χ2n) is 4.18. The molecule has 86 valence electrons. The molecule has 0 bridgehead atoms. The Labute approximate surface area is 94.9 Å². The molecule has 1 atom stereocenters. The predicted octanol–water partition coefficient (Wildman–Crippen LogP) is 1.42. The lowest BCUT2D eigenvalue weighted by molar-refractivity contribution is 0.570. The van der Waals surface area contributed by atoms with Crippen molar-refractivity contribution in [2.75, 3.05) is 5.73 Å². The minimum atomic E-state index is 0.113. The summed E-state index contributed by atoms with van der Waals surface area (Å²) in [4.78, 5) is 0. The SMILES string of the molecule is Cc1cnn(C(C)c2cn(C)nc2C)c1N. The largest absolute Gasteiger partial charge is 0.384 e. The van der Waals surface area contributed by atoms with Crippen molar-refractivity contribution < 1.29 is 0 Å². The van der Waals surface area contributed by atoms with Crippen LogP contribution in [0, 0.1) is 13.8 Å². The van der Waals surface area contributed by atoms with Crippen molar-refractivity contribution in [1.82, 2.24) is 19.6 Å². The Morgan fingerprint density at radius 3 is 2.50 bits per heavy atom. The van der Waals surface area contributed by atoms with Crippen LogP contribution >= 0.6 is 0 Å². The number of rotatable bonds is 2. The van der Waals surface area contributed by atoms with Crippen molar-refractivity contribution >= 4 is 5.82 Å². The average Bonchev–Trinajstić information content (AvgIpc) is 2.71. The molecular weight excluding hydrogens is 202 g/mol. The maximum atomic E-state index is 5.97. The van der Waals surface area contributed by atoms with Crippen LogP contribution in [0.2, 0.25) is 0 Å². The number of nitrogens with zero attached hydrogens (tertiary/aromatic N) is 4. The predicted molar refractivity (Wildman–Crippen MR) is 63.1 cm³/mol. The van der Waals surface area contributed by atoms with Gasteiger partial charge in [-0.2, -0.15) is 10.2 Å². The van der Waals surface area contributed by atoms with E-state index in [1.807, 2.05) is 36.5 Å². The molecular formula is C11H17N5. The summed E-state index contributed by atoms with van der Waals surface area (Å²) in [5, 5.41) is 8.63. The summed E-state index contributed by atoms with van der Waals surface area (Å²) in [6.45, 7) is 6.03. The summed E-state index contributed by atoms with van der Waals surface area (Å²) in [6.07, 6.45) is 3.80. The fourth-order valence-corrected chi connectivity index (χ4v) is 1.93. The summed E-state index contributed by atoms with van der Waals surface area (Å²) >= 11 is 0. The van der Waals surface area contributed by atoms with Crippen molar-refractivity contribution in [1.29, 1.82) is 0 Å². The van der Waals surface area contributed by atoms with Gasteiger partial charge in [0.25, 0.3) is 0 Å². The van der Waals surface area contributed by atoms with E-state index < -0.39 is 0 Å². The van der Waals surface area contributed by atoms with E-state index in [0.29, 0.717) is 0 Å². The van der Waals surface area contributed by atoms with Gasteiger partial charge < -0.3 is 5.73 Å². The number of anilines is 1. The molecule has 0 fully saturated rings. The third-order valence-electron chi connectivity index (χ3n) is 2.90. The van der Waals surface area contributed by atoms with E-state index in [1.165, 1.54) is 0 Å². The molecule has 0 amide bonds. The van der Waals surface area contributed by atoms with Gasteiger partial charge in [-0.3, -0.25) is 4.68 Å². The molecule has 1 unspecified atom stereocenters. The highest BCUT2D eigenvalue weighted by molar-refractivity contribution is 5.39. The molecule has 2 N–H and O–H groups in total. The van der Waals surface area contributed by atoms with Crippen molar-refractivity contribution in [2.24, 2.45) is 7.05 Å². The summed E-state index contributed by atoms with van der Waals surface area (Å²) in [6, 6.07) is 0.113. The van der Waals surface area contributed by atoms with Gasteiger partial charge in [0.15, 0.2) is 0 Å². The number of hydrogen-bond acceptors (Lipinski definition) is 3. The molecule has 0 aliphatic rings. The Bertz CT molecular complexity index is 506. The summed E-state index contributed by atoms with van der Waals surface area (Å²) in [5.41, 5.74) is 9.15. The van der Waals surface area contributed by atoms with Gasteiger partial charge in [0, 0.05) is 24.4 Å². The molecule has 2 heterocycles. The Kier molecular flexibility index (Phi) is 2.46. The molecule has 2 aromatic heterocycles. The highest BCUT2D eigenvalue weighted by Gasteiger charge is 2.16. The summed E-state index contributed by atoms with van der Waals surface area (Å²) in [7, 11) is 1.92. The molecule has 0 radical (unpaired) electrons. The van der Waals surface area contributed by atoms with Crippen LogP contribution in [0.25, 0.3) is 0 Å². The van der Waals surface area contributed by atoms with Crippen molar-refractivity contribution in [3.63, 3.8) is 0 Å². The summed E-state index contributed by atoms with van der Waals surface area (Å²) < 4.78 is 3.65. The first-order valence-electron chi connectivity index (χ1n) is 5.30. The van der Waals surface area contributed by atoms with Gasteiger partial charge in [-0.05, 0) is 20.8 Å². The van der Waals surface area contributed by atoms with E-state index in [1.54, 1.807) is 6.20 Å². The van der Waals surface area contributed by atoms with E-state index in [-0.39, 0.29) is 6.04 Å². The van der Waals surface area contributed by atoms with Gasteiger partial charge in [-0.1, -0.05) is 0 Å². The van der Waals surface area contributed by atoms with E-state index in [9.17, 15) is 0 Å². The van der Waals surface area contributed by atoms with Crippen LogP contribution in [0.5, 0.6) is 0 Å². The van der Waals surface area contributed by atoms with Gasteiger partial charge in [0.2, 0.25) is 0 Å². The molecule has 0 spiro atoms. The normalized spacial score (nSPS) is 13.0. The number of aryl methyl sites for hydroxylation is 3. The van der Waals surface area contributed by atoms with Crippen LogP contribution in [-0.4, -0.2) is 19.6 Å². The maximum absolute atomic E-state index is 5.97. The first kappa shape index (κ1) is 10.7. The lowest BCUT2D eigenvalue weighted by atomic mass is 10.1. The van der Waals surface area contributed by atoms with E-state index in [2.05, 4.69) is 17.1 Å². The zero-order valence-electron chi connectivity index (χ0n) is 10.1. The fourth-order valence-electron chi connectivity index (χ4n) is 1.93. The molecule has 5 nitrogen and oxygen atoms in total. The van der Waals surface area contributed by atoms with Gasteiger partial charge in [-0.25, -0.2) is 4.68 Å². The molecule has 16 heavy (non-hydrogen) atoms. The number of nitrogens with two attached hydrogens (primary N) is 1. The van der Waals surface area contributed by atoms with Crippen molar-refractivity contribution in [3.05, 3.63) is 29.2 Å². The standard InChI is InChI=1S/C11H17N5/c1-7-5-13-16(11(7)12)9(3)10-6-15(4)14-8(10)2/h5-6,9H,12H2,1-4H3. The Balaban J connectivity index is 2.42. The van der Waals surface area contributed by atoms with Gasteiger partial charge >= 0.3 is 0 Å². The third kappa shape index (κ3) is 1.58. The van der Waals surface area contributed by atoms with Crippen LogP contribution in [0.3, 0.4) is 0 Å². The maximum Gasteiger partial charge on any atom is 0.125 e. The zero-order valence-corrected chi connectivity index (χ0v) is 10.1. The molecule has 0 saturated heterocycles. The molecule has 0 saturated carbocycles. The van der Waals surface area contributed by atoms with Crippen LogP contribution in [0.15, 0.2) is 12.4 Å². The van der Waals surface area contributed by atoms with Crippen LogP contribution in [0.4, 0.5) is 5.82 Å². The second-order valence-corrected chi connectivity index (χ2v) is 4.18. The quantitative estimate of drug-likeness (QED) is 0.831. The Hall–Kier alpha value is -1.78. The lowest BCUT2D eigenvalue weighted by Crippen LogP contribution is -2.12. The van der Waals surface area contributed by atoms with Crippen molar-refractivity contribution in [2.45, 2.75) is 26.8 Å². The van der Waals surface area contributed by atoms with Gasteiger partial charge in [-0.15, -0.1) is 0 Å². The topological polar surface area (TPSA) is 61.7 Å². The van der Waals surface area contributed by atoms with Crippen LogP contribution in [-0.2, 0) is 7.05 Å². The number of hydrogen-bond donors (Lipinski definition) is 1. The smallest absolute Gasteiger partial charge is 0.125 e. The molecule has 0 aromatic carbocycles. The summed E-state index contributed by atoms with van der Waals surface area (Å²) in [5.74, 6) is 0.718. The first-order valence-corrected chi connectivity index (χ1v) is 5.30. The average molecular weight is 219 g/mol.